The Labute approximate surface area is 123 Å². The third-order valence-electron chi connectivity index (χ3n) is 3.62. The van der Waals surface area contributed by atoms with Crippen LogP contribution in [-0.2, 0) is 9.84 Å². The van der Waals surface area contributed by atoms with Gasteiger partial charge in [-0.15, -0.1) is 0 Å². The highest BCUT2D eigenvalue weighted by Crippen LogP contribution is 2.34. The maximum atomic E-state index is 12.2. The third-order valence-corrected chi connectivity index (χ3v) is 5.34. The van der Waals surface area contributed by atoms with Crippen LogP contribution in [0.25, 0.3) is 0 Å². The van der Waals surface area contributed by atoms with Crippen LogP contribution in [0.4, 0.5) is 0 Å². The largest absolute Gasteiger partial charge is 0.409 e. The molecule has 1 aliphatic rings. The summed E-state index contributed by atoms with van der Waals surface area (Å²) in [5.41, 5.74) is 5.52. The van der Waals surface area contributed by atoms with E-state index in [2.05, 4.69) is 10.5 Å². The number of oxime groups is 1. The van der Waals surface area contributed by atoms with Crippen LogP contribution in [0.15, 0.2) is 34.3 Å². The molecule has 0 unspecified atom stereocenters. The Balaban J connectivity index is 2.05. The number of benzene rings is 1. The molecule has 21 heavy (non-hydrogen) atoms. The minimum Gasteiger partial charge on any atom is -0.409 e. The van der Waals surface area contributed by atoms with E-state index >= 15 is 0 Å². The molecule has 0 aliphatic heterocycles. The molecule has 1 saturated carbocycles. The van der Waals surface area contributed by atoms with Crippen LogP contribution >= 0.6 is 0 Å². The van der Waals surface area contributed by atoms with Gasteiger partial charge in [0.1, 0.15) is 0 Å². The Kier molecular flexibility index (Phi) is 4.50. The number of amidine groups is 1. The molecule has 1 aromatic rings. The normalized spacial score (nSPS) is 17.7. The predicted octanol–water partition coefficient (Wildman–Crippen LogP) is -0.331. The molecule has 0 heterocycles. The third kappa shape index (κ3) is 3.72. The Hall–Kier alpha value is -1.64. The van der Waals surface area contributed by atoms with Crippen molar-refractivity contribution in [1.29, 1.82) is 0 Å². The maximum Gasteiger partial charge on any atom is 0.179 e. The molecule has 0 bridgehead atoms. The highest BCUT2D eigenvalue weighted by molar-refractivity contribution is 7.91. The molecule has 5 N–H and O–H groups in total. The second-order valence-corrected chi connectivity index (χ2v) is 7.31. The van der Waals surface area contributed by atoms with E-state index in [1.165, 1.54) is 12.1 Å². The quantitative estimate of drug-likeness (QED) is 0.236. The van der Waals surface area contributed by atoms with Gasteiger partial charge in [0.15, 0.2) is 15.7 Å². The molecule has 0 atom stereocenters. The number of aliphatic hydroxyl groups excluding tert-OH is 1. The van der Waals surface area contributed by atoms with Crippen molar-refractivity contribution in [1.82, 2.24) is 5.32 Å². The van der Waals surface area contributed by atoms with E-state index in [1.807, 2.05) is 0 Å². The summed E-state index contributed by atoms with van der Waals surface area (Å²) in [5.74, 6) is -0.212. The number of hydrogen-bond acceptors (Lipinski definition) is 6. The van der Waals surface area contributed by atoms with E-state index in [0.717, 1.165) is 12.8 Å². The SMILES string of the molecule is N/C(=N/O)c1cccc(S(=O)(=O)CCNC2(CO)CC2)c1. The first-order valence-corrected chi connectivity index (χ1v) is 8.24. The van der Waals surface area contributed by atoms with Gasteiger partial charge in [-0.25, -0.2) is 8.42 Å². The average molecular weight is 313 g/mol. The summed E-state index contributed by atoms with van der Waals surface area (Å²) in [6.07, 6.45) is 1.73. The first-order valence-electron chi connectivity index (χ1n) is 6.59. The van der Waals surface area contributed by atoms with Crippen LogP contribution in [0.3, 0.4) is 0 Å². The lowest BCUT2D eigenvalue weighted by atomic mass is 10.2. The lowest BCUT2D eigenvalue weighted by Gasteiger charge is -2.14. The fraction of sp³-hybridized carbons (Fsp3) is 0.462. The molecule has 0 saturated heterocycles. The van der Waals surface area contributed by atoms with Crippen molar-refractivity contribution < 1.29 is 18.7 Å². The Morgan fingerprint density at radius 3 is 2.71 bits per heavy atom. The molecule has 116 valence electrons. The van der Waals surface area contributed by atoms with Gasteiger partial charge in [-0.2, -0.15) is 0 Å². The van der Waals surface area contributed by atoms with Crippen LogP contribution in [0.2, 0.25) is 0 Å². The zero-order valence-electron chi connectivity index (χ0n) is 11.5. The zero-order chi connectivity index (χ0) is 15.5. The molecule has 1 aliphatic carbocycles. The molecule has 0 spiro atoms. The lowest BCUT2D eigenvalue weighted by molar-refractivity contribution is 0.233. The lowest BCUT2D eigenvalue weighted by Crippen LogP contribution is -2.37. The second kappa shape index (κ2) is 6.00. The van der Waals surface area contributed by atoms with Gasteiger partial charge in [0.2, 0.25) is 0 Å². The topological polar surface area (TPSA) is 125 Å². The highest BCUT2D eigenvalue weighted by Gasteiger charge is 2.41. The van der Waals surface area contributed by atoms with Gasteiger partial charge in [-0.3, -0.25) is 0 Å². The Bertz CT molecular complexity index is 639. The van der Waals surface area contributed by atoms with Gasteiger partial charge >= 0.3 is 0 Å². The Morgan fingerprint density at radius 1 is 1.43 bits per heavy atom. The number of aliphatic hydroxyl groups is 1. The minimum atomic E-state index is -3.46. The van der Waals surface area contributed by atoms with Crippen LogP contribution in [-0.4, -0.2) is 49.0 Å². The van der Waals surface area contributed by atoms with E-state index in [-0.39, 0.29) is 35.2 Å². The van der Waals surface area contributed by atoms with Gasteiger partial charge in [0.25, 0.3) is 0 Å². The monoisotopic (exact) mass is 313 g/mol. The Morgan fingerprint density at radius 2 is 2.14 bits per heavy atom. The summed E-state index contributed by atoms with van der Waals surface area (Å²) >= 11 is 0. The number of hydrogen-bond donors (Lipinski definition) is 4. The molecular weight excluding hydrogens is 294 g/mol. The van der Waals surface area contributed by atoms with Crippen molar-refractivity contribution in [3.8, 4) is 0 Å². The molecule has 1 aromatic carbocycles. The van der Waals surface area contributed by atoms with Gasteiger partial charge < -0.3 is 21.4 Å². The second-order valence-electron chi connectivity index (χ2n) is 5.20. The number of nitrogens with zero attached hydrogens (tertiary/aromatic N) is 1. The molecule has 8 heteroatoms. The minimum absolute atomic E-state index is 0.0199. The highest BCUT2D eigenvalue weighted by atomic mass is 32.2. The summed E-state index contributed by atoms with van der Waals surface area (Å²) in [4.78, 5) is 0.127. The molecule has 1 fully saturated rings. The zero-order valence-corrected chi connectivity index (χ0v) is 12.3. The molecular formula is C13H19N3O4S. The van der Waals surface area contributed by atoms with Crippen molar-refractivity contribution in [2.24, 2.45) is 10.9 Å². The van der Waals surface area contributed by atoms with Crippen molar-refractivity contribution in [2.75, 3.05) is 18.9 Å². The summed E-state index contributed by atoms with van der Waals surface area (Å²) in [6, 6.07) is 5.97. The predicted molar refractivity (Wildman–Crippen MR) is 78.1 cm³/mol. The van der Waals surface area contributed by atoms with Crippen LogP contribution in [0, 0.1) is 0 Å². The fourth-order valence-corrected chi connectivity index (χ4v) is 3.22. The van der Waals surface area contributed by atoms with Crippen LogP contribution < -0.4 is 11.1 Å². The number of nitrogens with two attached hydrogens (primary N) is 1. The van der Waals surface area contributed by atoms with E-state index in [1.54, 1.807) is 12.1 Å². The first-order chi connectivity index (χ1) is 9.92. The van der Waals surface area contributed by atoms with Crippen LogP contribution in [0.1, 0.15) is 18.4 Å². The van der Waals surface area contributed by atoms with E-state index < -0.39 is 9.84 Å². The smallest absolute Gasteiger partial charge is 0.179 e. The molecule has 0 aromatic heterocycles. The molecule has 7 nitrogen and oxygen atoms in total. The summed E-state index contributed by atoms with van der Waals surface area (Å²) < 4.78 is 24.5. The summed E-state index contributed by atoms with van der Waals surface area (Å²) in [5, 5.41) is 23.7. The van der Waals surface area contributed by atoms with Gasteiger partial charge in [0, 0.05) is 17.6 Å². The summed E-state index contributed by atoms with van der Waals surface area (Å²) in [6.45, 7) is 0.294. The van der Waals surface area contributed by atoms with E-state index in [9.17, 15) is 8.42 Å². The molecule has 2 rings (SSSR count). The standard InChI is InChI=1S/C13H19N3O4S/c14-12(16-18)10-2-1-3-11(8-10)21(19,20)7-6-15-13(9-17)4-5-13/h1-3,8,15,17-18H,4-7,9H2,(H2,14,16). The van der Waals surface area contributed by atoms with Crippen LogP contribution in [0.5, 0.6) is 0 Å². The fourth-order valence-electron chi connectivity index (χ4n) is 2.02. The average Bonchev–Trinajstić information content (AvgIpc) is 3.27. The van der Waals surface area contributed by atoms with Gasteiger partial charge in [-0.1, -0.05) is 17.3 Å². The summed E-state index contributed by atoms with van der Waals surface area (Å²) in [7, 11) is -3.46. The van der Waals surface area contributed by atoms with Crippen molar-refractivity contribution in [3.63, 3.8) is 0 Å². The maximum absolute atomic E-state index is 12.2. The molecule has 0 amide bonds. The van der Waals surface area contributed by atoms with Crippen molar-refractivity contribution >= 4 is 15.7 Å². The number of rotatable bonds is 7. The van der Waals surface area contributed by atoms with Crippen molar-refractivity contribution in [3.05, 3.63) is 29.8 Å². The number of nitrogens with one attached hydrogen (secondary N) is 1. The van der Waals surface area contributed by atoms with Gasteiger partial charge in [0.05, 0.1) is 17.3 Å². The van der Waals surface area contributed by atoms with E-state index in [4.69, 9.17) is 16.0 Å². The van der Waals surface area contributed by atoms with Gasteiger partial charge in [-0.05, 0) is 25.0 Å². The van der Waals surface area contributed by atoms with Crippen molar-refractivity contribution in [2.45, 2.75) is 23.3 Å². The number of sulfone groups is 1. The van der Waals surface area contributed by atoms with E-state index in [0.29, 0.717) is 5.56 Å². The first kappa shape index (κ1) is 15.7. The molecule has 0 radical (unpaired) electrons.